The third-order valence-corrected chi connectivity index (χ3v) is 3.78. The van der Waals surface area contributed by atoms with Gasteiger partial charge in [-0.1, -0.05) is 12.8 Å². The topological polar surface area (TPSA) is 71.2 Å². The van der Waals surface area contributed by atoms with Gasteiger partial charge in [0.25, 0.3) is 0 Å². The lowest BCUT2D eigenvalue weighted by atomic mass is 9.98. The number of aliphatic hydroxyl groups excluding tert-OH is 1. The molecule has 1 fully saturated rings. The number of aromatic nitrogens is 1. The highest BCUT2D eigenvalue weighted by molar-refractivity contribution is 9.10. The van der Waals surface area contributed by atoms with Crippen molar-refractivity contribution >= 4 is 27.3 Å². The van der Waals surface area contributed by atoms with Crippen LogP contribution in [0.3, 0.4) is 0 Å². The van der Waals surface area contributed by atoms with Crippen LogP contribution in [0.2, 0.25) is 0 Å². The molecule has 1 aromatic heterocycles. The normalized spacial score (nSPS) is 18.6. The molecule has 4 N–H and O–H groups in total. The third-order valence-electron chi connectivity index (χ3n) is 3.18. The van der Waals surface area contributed by atoms with E-state index in [0.717, 1.165) is 35.8 Å². The molecule has 0 atom stereocenters. The van der Waals surface area contributed by atoms with E-state index < -0.39 is 0 Å². The van der Waals surface area contributed by atoms with E-state index in [1.165, 1.54) is 0 Å². The minimum atomic E-state index is -0.210. The van der Waals surface area contributed by atoms with Crippen molar-refractivity contribution < 1.29 is 5.11 Å². The van der Waals surface area contributed by atoms with Crippen LogP contribution >= 0.6 is 15.9 Å². The number of nitrogens with zero attached hydrogens (tertiary/aromatic N) is 1. The first-order chi connectivity index (χ1) is 7.67. The summed E-state index contributed by atoms with van der Waals surface area (Å²) in [5, 5.41) is 12.9. The molecule has 0 spiro atoms. The van der Waals surface area contributed by atoms with Crippen molar-refractivity contribution in [2.24, 2.45) is 0 Å². The second-order valence-corrected chi connectivity index (χ2v) is 5.21. The van der Waals surface area contributed by atoms with Gasteiger partial charge in [0.2, 0.25) is 0 Å². The first-order valence-corrected chi connectivity index (χ1v) is 6.24. The van der Waals surface area contributed by atoms with E-state index in [0.29, 0.717) is 5.69 Å². The van der Waals surface area contributed by atoms with Crippen LogP contribution in [0.25, 0.3) is 0 Å². The molecular weight excluding hydrogens is 270 g/mol. The van der Waals surface area contributed by atoms with Crippen LogP contribution < -0.4 is 11.1 Å². The van der Waals surface area contributed by atoms with E-state index in [-0.39, 0.29) is 12.1 Å². The number of hydrogen-bond donors (Lipinski definition) is 3. The Hall–Kier alpha value is -0.810. The van der Waals surface area contributed by atoms with E-state index in [9.17, 15) is 5.11 Å². The molecule has 16 heavy (non-hydrogen) atoms. The van der Waals surface area contributed by atoms with Crippen molar-refractivity contribution in [3.63, 3.8) is 0 Å². The summed E-state index contributed by atoms with van der Waals surface area (Å²) in [6.07, 6.45) is 7.59. The Bertz CT molecular complexity index is 357. The SMILES string of the molecule is Nc1cncc(Br)c1NC1(CO)CCCC1. The summed E-state index contributed by atoms with van der Waals surface area (Å²) in [7, 11) is 0. The van der Waals surface area contributed by atoms with Crippen molar-refractivity contribution in [3.05, 3.63) is 16.9 Å². The van der Waals surface area contributed by atoms with E-state index in [4.69, 9.17) is 5.73 Å². The fraction of sp³-hybridized carbons (Fsp3) is 0.545. The Morgan fingerprint density at radius 2 is 2.12 bits per heavy atom. The van der Waals surface area contributed by atoms with Gasteiger partial charge in [-0.2, -0.15) is 0 Å². The van der Waals surface area contributed by atoms with Gasteiger partial charge in [-0.3, -0.25) is 4.98 Å². The van der Waals surface area contributed by atoms with Crippen LogP contribution in [-0.2, 0) is 0 Å². The quantitative estimate of drug-likeness (QED) is 0.796. The summed E-state index contributed by atoms with van der Waals surface area (Å²) in [5.41, 5.74) is 7.11. The van der Waals surface area contributed by atoms with E-state index in [1.54, 1.807) is 12.4 Å². The molecular formula is C11H16BrN3O. The van der Waals surface area contributed by atoms with Gasteiger partial charge in [0.1, 0.15) is 0 Å². The molecule has 0 radical (unpaired) electrons. The van der Waals surface area contributed by atoms with E-state index in [2.05, 4.69) is 26.2 Å². The Balaban J connectivity index is 2.25. The molecule has 88 valence electrons. The van der Waals surface area contributed by atoms with Crippen LogP contribution in [0.1, 0.15) is 25.7 Å². The summed E-state index contributed by atoms with van der Waals surface area (Å²) in [6.45, 7) is 0.140. The molecule has 0 aliphatic heterocycles. The average Bonchev–Trinajstić information content (AvgIpc) is 2.73. The number of hydrogen-bond acceptors (Lipinski definition) is 4. The molecule has 0 bridgehead atoms. The number of aliphatic hydroxyl groups is 1. The Kier molecular flexibility index (Phi) is 3.35. The van der Waals surface area contributed by atoms with Crippen molar-refractivity contribution in [2.75, 3.05) is 17.7 Å². The standard InChI is InChI=1S/C11H16BrN3O/c12-8-5-14-6-9(13)10(8)15-11(7-16)3-1-2-4-11/h5-6,16H,1-4,7,13H2,(H,14,15). The maximum atomic E-state index is 9.53. The maximum Gasteiger partial charge on any atom is 0.0755 e. The first kappa shape index (κ1) is 11.7. The van der Waals surface area contributed by atoms with Gasteiger partial charge in [-0.15, -0.1) is 0 Å². The van der Waals surface area contributed by atoms with Crippen LogP contribution in [0.5, 0.6) is 0 Å². The van der Waals surface area contributed by atoms with Gasteiger partial charge in [-0.25, -0.2) is 0 Å². The highest BCUT2D eigenvalue weighted by Gasteiger charge is 2.33. The van der Waals surface area contributed by atoms with Crippen LogP contribution in [0, 0.1) is 0 Å². The number of anilines is 2. The van der Waals surface area contributed by atoms with Gasteiger partial charge in [0.15, 0.2) is 0 Å². The molecule has 1 saturated carbocycles. The van der Waals surface area contributed by atoms with Gasteiger partial charge < -0.3 is 16.2 Å². The minimum absolute atomic E-state index is 0.140. The number of halogens is 1. The average molecular weight is 286 g/mol. The zero-order valence-electron chi connectivity index (χ0n) is 9.04. The second kappa shape index (κ2) is 4.59. The zero-order chi connectivity index (χ0) is 11.6. The summed E-state index contributed by atoms with van der Waals surface area (Å²) in [4.78, 5) is 3.99. The van der Waals surface area contributed by atoms with Crippen molar-refractivity contribution in [1.29, 1.82) is 0 Å². The number of nitrogens with one attached hydrogen (secondary N) is 1. The molecule has 1 heterocycles. The highest BCUT2D eigenvalue weighted by atomic mass is 79.9. The smallest absolute Gasteiger partial charge is 0.0755 e. The fourth-order valence-corrected chi connectivity index (χ4v) is 2.67. The van der Waals surface area contributed by atoms with Gasteiger partial charge in [-0.05, 0) is 28.8 Å². The molecule has 1 aromatic rings. The third kappa shape index (κ3) is 2.15. The molecule has 0 saturated heterocycles. The van der Waals surface area contributed by atoms with Crippen molar-refractivity contribution in [1.82, 2.24) is 4.98 Å². The minimum Gasteiger partial charge on any atom is -0.396 e. The fourth-order valence-electron chi connectivity index (χ4n) is 2.22. The van der Waals surface area contributed by atoms with Gasteiger partial charge in [0, 0.05) is 6.20 Å². The molecule has 5 heteroatoms. The summed E-state index contributed by atoms with van der Waals surface area (Å²) in [5.74, 6) is 0. The molecule has 0 unspecified atom stereocenters. The molecule has 1 aliphatic rings. The van der Waals surface area contributed by atoms with E-state index in [1.807, 2.05) is 0 Å². The van der Waals surface area contributed by atoms with Crippen LogP contribution in [0.4, 0.5) is 11.4 Å². The van der Waals surface area contributed by atoms with Gasteiger partial charge in [0.05, 0.1) is 34.2 Å². The lowest BCUT2D eigenvalue weighted by molar-refractivity contribution is 0.214. The number of nitrogens with two attached hydrogens (primary N) is 1. The highest BCUT2D eigenvalue weighted by Crippen LogP contribution is 2.37. The summed E-state index contributed by atoms with van der Waals surface area (Å²) < 4.78 is 0.840. The summed E-state index contributed by atoms with van der Waals surface area (Å²) >= 11 is 3.42. The largest absolute Gasteiger partial charge is 0.396 e. The molecule has 1 aliphatic carbocycles. The lowest BCUT2D eigenvalue weighted by Crippen LogP contribution is -2.39. The Labute approximate surface area is 103 Å². The molecule has 4 nitrogen and oxygen atoms in total. The van der Waals surface area contributed by atoms with Crippen LogP contribution in [0.15, 0.2) is 16.9 Å². The number of rotatable bonds is 3. The number of pyridine rings is 1. The number of nitrogen functional groups attached to an aromatic ring is 1. The predicted octanol–water partition coefficient (Wildman–Crippen LogP) is 2.14. The summed E-state index contributed by atoms with van der Waals surface area (Å²) in [6, 6.07) is 0. The predicted molar refractivity (Wildman–Crippen MR) is 68.3 cm³/mol. The second-order valence-electron chi connectivity index (χ2n) is 4.36. The van der Waals surface area contributed by atoms with E-state index >= 15 is 0 Å². The van der Waals surface area contributed by atoms with Crippen molar-refractivity contribution in [3.8, 4) is 0 Å². The first-order valence-electron chi connectivity index (χ1n) is 5.45. The Morgan fingerprint density at radius 1 is 1.44 bits per heavy atom. The monoisotopic (exact) mass is 285 g/mol. The maximum absolute atomic E-state index is 9.53. The van der Waals surface area contributed by atoms with Crippen molar-refractivity contribution in [2.45, 2.75) is 31.2 Å². The molecule has 0 aromatic carbocycles. The molecule has 2 rings (SSSR count). The lowest BCUT2D eigenvalue weighted by Gasteiger charge is -2.30. The Morgan fingerprint density at radius 3 is 2.69 bits per heavy atom. The zero-order valence-corrected chi connectivity index (χ0v) is 10.6. The molecule has 0 amide bonds. The van der Waals surface area contributed by atoms with Gasteiger partial charge >= 0.3 is 0 Å². The van der Waals surface area contributed by atoms with Crippen LogP contribution in [-0.4, -0.2) is 22.2 Å².